The summed E-state index contributed by atoms with van der Waals surface area (Å²) in [4.78, 5) is 0.501. The summed E-state index contributed by atoms with van der Waals surface area (Å²) < 4.78 is 0. The Morgan fingerprint density at radius 3 is 2.60 bits per heavy atom. The molecule has 1 fully saturated rings. The molecule has 0 amide bonds. The van der Waals surface area contributed by atoms with Crippen LogP contribution in [-0.2, 0) is 0 Å². The number of aryl methyl sites for hydroxylation is 2. The minimum absolute atomic E-state index is 0.501. The van der Waals surface area contributed by atoms with Crippen LogP contribution in [0.4, 0.5) is 0 Å². The molecule has 1 aliphatic carbocycles. The van der Waals surface area contributed by atoms with Crippen molar-refractivity contribution in [2.75, 3.05) is 0 Å². The van der Waals surface area contributed by atoms with Crippen LogP contribution in [0, 0.1) is 19.8 Å². The van der Waals surface area contributed by atoms with E-state index in [1.54, 1.807) is 0 Å². The number of rotatable bonds is 3. The molecule has 0 radical (unpaired) electrons. The van der Waals surface area contributed by atoms with Gasteiger partial charge in [0, 0.05) is 9.85 Å². The van der Waals surface area contributed by atoms with Crippen molar-refractivity contribution in [3.8, 4) is 0 Å². The van der Waals surface area contributed by atoms with E-state index in [1.807, 2.05) is 0 Å². The highest BCUT2D eigenvalue weighted by Gasteiger charge is 2.25. The second kappa shape index (κ2) is 4.47. The highest BCUT2D eigenvalue weighted by molar-refractivity contribution is 9.09. The topological polar surface area (TPSA) is 0 Å². The SMILES string of the molecule is Cc1cc(C(Br)CC2CC2)c(C)cc1Cl. The molecule has 1 aromatic rings. The second-order valence-corrected chi connectivity index (χ2v) is 6.12. The predicted molar refractivity (Wildman–Crippen MR) is 69.9 cm³/mol. The third-order valence-corrected chi connectivity index (χ3v) is 4.40. The fraction of sp³-hybridized carbons (Fsp3) is 0.538. The van der Waals surface area contributed by atoms with E-state index in [0.29, 0.717) is 4.83 Å². The molecule has 1 aromatic carbocycles. The van der Waals surface area contributed by atoms with Gasteiger partial charge in [0.2, 0.25) is 0 Å². The molecule has 1 unspecified atom stereocenters. The Kier molecular flexibility index (Phi) is 3.42. The quantitative estimate of drug-likeness (QED) is 0.671. The first kappa shape index (κ1) is 11.5. The van der Waals surface area contributed by atoms with Crippen molar-refractivity contribution in [2.24, 2.45) is 5.92 Å². The summed E-state index contributed by atoms with van der Waals surface area (Å²) >= 11 is 9.89. The van der Waals surface area contributed by atoms with Gasteiger partial charge in [0.15, 0.2) is 0 Å². The number of hydrogen-bond acceptors (Lipinski definition) is 0. The van der Waals surface area contributed by atoms with Gasteiger partial charge in [0.25, 0.3) is 0 Å². The van der Waals surface area contributed by atoms with Gasteiger partial charge >= 0.3 is 0 Å². The van der Waals surface area contributed by atoms with Gasteiger partial charge in [-0.3, -0.25) is 0 Å². The third kappa shape index (κ3) is 2.76. The van der Waals surface area contributed by atoms with Crippen LogP contribution < -0.4 is 0 Å². The Balaban J connectivity index is 2.21. The van der Waals surface area contributed by atoms with Crippen LogP contribution in [0.3, 0.4) is 0 Å². The normalized spacial score (nSPS) is 17.9. The van der Waals surface area contributed by atoms with Crippen molar-refractivity contribution in [3.63, 3.8) is 0 Å². The van der Waals surface area contributed by atoms with Gasteiger partial charge in [-0.05, 0) is 48.9 Å². The van der Waals surface area contributed by atoms with E-state index in [0.717, 1.165) is 10.9 Å². The molecule has 0 aliphatic heterocycles. The molecule has 15 heavy (non-hydrogen) atoms. The van der Waals surface area contributed by atoms with E-state index in [1.165, 1.54) is 36.0 Å². The lowest BCUT2D eigenvalue weighted by Crippen LogP contribution is -1.96. The van der Waals surface area contributed by atoms with Crippen molar-refractivity contribution in [2.45, 2.75) is 37.9 Å². The van der Waals surface area contributed by atoms with Gasteiger partial charge in [0.1, 0.15) is 0 Å². The maximum absolute atomic E-state index is 6.09. The number of halogens is 2. The zero-order valence-electron chi connectivity index (χ0n) is 9.19. The average molecular weight is 288 g/mol. The van der Waals surface area contributed by atoms with E-state index in [9.17, 15) is 0 Å². The smallest absolute Gasteiger partial charge is 0.0438 e. The maximum atomic E-state index is 6.09. The van der Waals surface area contributed by atoms with Gasteiger partial charge in [-0.25, -0.2) is 0 Å². The summed E-state index contributed by atoms with van der Waals surface area (Å²) in [5.41, 5.74) is 3.88. The molecule has 0 heterocycles. The molecule has 1 saturated carbocycles. The molecule has 82 valence electrons. The summed E-state index contributed by atoms with van der Waals surface area (Å²) in [7, 11) is 0. The minimum atomic E-state index is 0.501. The highest BCUT2D eigenvalue weighted by atomic mass is 79.9. The van der Waals surface area contributed by atoms with Crippen LogP contribution >= 0.6 is 27.5 Å². The summed E-state index contributed by atoms with van der Waals surface area (Å²) in [5.74, 6) is 0.949. The Hall–Kier alpha value is -0.0100. The average Bonchev–Trinajstić information content (AvgIpc) is 2.95. The van der Waals surface area contributed by atoms with Gasteiger partial charge in [-0.1, -0.05) is 46.4 Å². The van der Waals surface area contributed by atoms with Crippen LogP contribution in [0.15, 0.2) is 12.1 Å². The first-order valence-electron chi connectivity index (χ1n) is 5.48. The van der Waals surface area contributed by atoms with Crippen molar-refractivity contribution < 1.29 is 0 Å². The Morgan fingerprint density at radius 1 is 1.33 bits per heavy atom. The summed E-state index contributed by atoms with van der Waals surface area (Å²) in [6, 6.07) is 4.30. The standard InChI is InChI=1S/C13H16BrCl/c1-8-6-13(15)9(2)5-11(8)12(14)7-10-3-4-10/h5-6,10,12H,3-4,7H2,1-2H3. The fourth-order valence-electron chi connectivity index (χ4n) is 1.91. The minimum Gasteiger partial charge on any atom is -0.0840 e. The molecule has 1 atom stereocenters. The summed E-state index contributed by atoms with van der Waals surface area (Å²) in [6.07, 6.45) is 4.09. The molecule has 0 spiro atoms. The van der Waals surface area contributed by atoms with E-state index in [-0.39, 0.29) is 0 Å². The van der Waals surface area contributed by atoms with Crippen molar-refractivity contribution >= 4 is 27.5 Å². The van der Waals surface area contributed by atoms with E-state index >= 15 is 0 Å². The first-order valence-corrected chi connectivity index (χ1v) is 6.78. The van der Waals surface area contributed by atoms with Crippen LogP contribution in [0.2, 0.25) is 5.02 Å². The van der Waals surface area contributed by atoms with Crippen LogP contribution in [0.1, 0.15) is 40.8 Å². The molecule has 0 bridgehead atoms. The van der Waals surface area contributed by atoms with Crippen LogP contribution in [0.25, 0.3) is 0 Å². The van der Waals surface area contributed by atoms with Crippen molar-refractivity contribution in [3.05, 3.63) is 33.8 Å². The maximum Gasteiger partial charge on any atom is 0.0438 e. The number of hydrogen-bond donors (Lipinski definition) is 0. The van der Waals surface area contributed by atoms with Crippen molar-refractivity contribution in [1.29, 1.82) is 0 Å². The molecule has 0 aromatic heterocycles. The van der Waals surface area contributed by atoms with Crippen LogP contribution in [0.5, 0.6) is 0 Å². The molecule has 1 aliphatic rings. The molecule has 0 N–H and O–H groups in total. The third-order valence-electron chi connectivity index (χ3n) is 3.12. The fourth-order valence-corrected chi connectivity index (χ4v) is 3.15. The van der Waals surface area contributed by atoms with Crippen molar-refractivity contribution in [1.82, 2.24) is 0 Å². The Labute approximate surface area is 105 Å². The zero-order valence-corrected chi connectivity index (χ0v) is 11.5. The lowest BCUT2D eigenvalue weighted by Gasteiger charge is -2.14. The van der Waals surface area contributed by atoms with E-state index in [2.05, 4.69) is 41.9 Å². The lowest BCUT2D eigenvalue weighted by atomic mass is 10.00. The molecule has 0 saturated heterocycles. The van der Waals surface area contributed by atoms with E-state index in [4.69, 9.17) is 11.6 Å². The Morgan fingerprint density at radius 2 is 2.00 bits per heavy atom. The highest BCUT2D eigenvalue weighted by Crippen LogP contribution is 2.42. The second-order valence-electron chi connectivity index (χ2n) is 4.60. The van der Waals surface area contributed by atoms with Gasteiger partial charge < -0.3 is 0 Å². The van der Waals surface area contributed by atoms with Gasteiger partial charge in [-0.2, -0.15) is 0 Å². The van der Waals surface area contributed by atoms with Gasteiger partial charge in [-0.15, -0.1) is 0 Å². The molecular formula is C13H16BrCl. The largest absolute Gasteiger partial charge is 0.0840 e. The summed E-state index contributed by atoms with van der Waals surface area (Å²) in [6.45, 7) is 4.21. The zero-order chi connectivity index (χ0) is 11.0. The van der Waals surface area contributed by atoms with Crippen LogP contribution in [-0.4, -0.2) is 0 Å². The molecule has 0 nitrogen and oxygen atoms in total. The van der Waals surface area contributed by atoms with Gasteiger partial charge in [0.05, 0.1) is 0 Å². The number of alkyl halides is 1. The summed E-state index contributed by atoms with van der Waals surface area (Å²) in [5, 5.41) is 0.877. The molecular weight excluding hydrogens is 272 g/mol. The lowest BCUT2D eigenvalue weighted by molar-refractivity contribution is 0.718. The predicted octanol–water partition coefficient (Wildman–Crippen LogP) is 5.19. The molecule has 2 heteroatoms. The first-order chi connectivity index (χ1) is 7.08. The Bertz CT molecular complexity index is 369. The van der Waals surface area contributed by atoms with E-state index < -0.39 is 0 Å². The monoisotopic (exact) mass is 286 g/mol. The number of benzene rings is 1. The molecule has 2 rings (SSSR count).